The molecule has 1 heterocycles. The molecule has 1 aromatic heterocycles. The van der Waals surface area contributed by atoms with Gasteiger partial charge in [0, 0.05) is 12.1 Å². The van der Waals surface area contributed by atoms with Crippen LogP contribution >= 0.6 is 12.2 Å². The second kappa shape index (κ2) is 5.75. The number of hydrogen-bond acceptors (Lipinski definition) is 3. The molecule has 0 bridgehead atoms. The van der Waals surface area contributed by atoms with E-state index in [-0.39, 0.29) is 12.1 Å². The Bertz CT molecular complexity index is 500. The number of rotatable bonds is 4. The standard InChI is InChI=1S/C12H19F3N4S/c1-8(2)18(7-12(13,14)15)10-16-17-11(20)19(10)9-5-3-4-6-9/h8-9H,3-7H2,1-2H3,(H,17,20). The average molecular weight is 308 g/mol. The maximum atomic E-state index is 12.8. The van der Waals surface area contributed by atoms with E-state index in [0.717, 1.165) is 25.7 Å². The summed E-state index contributed by atoms with van der Waals surface area (Å²) in [6.45, 7) is 2.43. The summed E-state index contributed by atoms with van der Waals surface area (Å²) in [6.07, 6.45) is -0.216. The Kier molecular flexibility index (Phi) is 4.41. The highest BCUT2D eigenvalue weighted by molar-refractivity contribution is 7.71. The molecular formula is C12H19F3N4S. The lowest BCUT2D eigenvalue weighted by atomic mass is 10.2. The van der Waals surface area contributed by atoms with Crippen molar-refractivity contribution in [2.45, 2.75) is 57.8 Å². The number of H-pyrrole nitrogens is 1. The van der Waals surface area contributed by atoms with E-state index in [1.807, 2.05) is 0 Å². The van der Waals surface area contributed by atoms with E-state index in [0.29, 0.717) is 10.7 Å². The minimum atomic E-state index is -4.27. The van der Waals surface area contributed by atoms with Crippen molar-refractivity contribution >= 4 is 18.2 Å². The Labute approximate surface area is 121 Å². The lowest BCUT2D eigenvalue weighted by Gasteiger charge is -2.30. The molecule has 1 fully saturated rings. The fourth-order valence-electron chi connectivity index (χ4n) is 2.67. The van der Waals surface area contributed by atoms with Gasteiger partial charge in [-0.3, -0.25) is 4.57 Å². The van der Waals surface area contributed by atoms with Gasteiger partial charge >= 0.3 is 6.18 Å². The van der Waals surface area contributed by atoms with Crippen LogP contribution in [-0.4, -0.2) is 33.5 Å². The number of nitrogens with one attached hydrogen (secondary N) is 1. The maximum absolute atomic E-state index is 12.8. The van der Waals surface area contributed by atoms with Crippen molar-refractivity contribution in [1.29, 1.82) is 0 Å². The first-order chi connectivity index (χ1) is 9.29. The number of alkyl halides is 3. The van der Waals surface area contributed by atoms with E-state index in [1.54, 1.807) is 18.4 Å². The van der Waals surface area contributed by atoms with Gasteiger partial charge in [0.2, 0.25) is 5.95 Å². The SMILES string of the molecule is CC(C)N(CC(F)(F)F)c1n[nH]c(=S)n1C1CCCC1. The van der Waals surface area contributed by atoms with E-state index in [9.17, 15) is 13.2 Å². The summed E-state index contributed by atoms with van der Waals surface area (Å²) in [5.74, 6) is 0.300. The van der Waals surface area contributed by atoms with Crippen LogP contribution in [0.5, 0.6) is 0 Å². The number of hydrogen-bond donors (Lipinski definition) is 1. The summed E-state index contributed by atoms with van der Waals surface area (Å²) in [6, 6.07) is -0.146. The van der Waals surface area contributed by atoms with Crippen LogP contribution in [0.3, 0.4) is 0 Å². The van der Waals surface area contributed by atoms with Crippen LogP contribution in [0.4, 0.5) is 19.1 Å². The molecule has 0 amide bonds. The lowest BCUT2D eigenvalue weighted by molar-refractivity contribution is -0.120. The van der Waals surface area contributed by atoms with Crippen LogP contribution in [0.25, 0.3) is 0 Å². The van der Waals surface area contributed by atoms with E-state index < -0.39 is 12.7 Å². The number of nitrogens with zero attached hydrogens (tertiary/aromatic N) is 3. The summed E-state index contributed by atoms with van der Waals surface area (Å²) in [7, 11) is 0. The highest BCUT2D eigenvalue weighted by Crippen LogP contribution is 2.33. The van der Waals surface area contributed by atoms with Gasteiger partial charge in [-0.1, -0.05) is 12.8 Å². The summed E-state index contributed by atoms with van der Waals surface area (Å²) in [4.78, 5) is 1.25. The van der Waals surface area contributed by atoms with Crippen LogP contribution in [0.1, 0.15) is 45.6 Å². The quantitative estimate of drug-likeness (QED) is 0.859. The van der Waals surface area contributed by atoms with E-state index in [4.69, 9.17) is 12.2 Å². The molecule has 0 unspecified atom stereocenters. The summed E-state index contributed by atoms with van der Waals surface area (Å²) >= 11 is 5.19. The first kappa shape index (κ1) is 15.3. The lowest BCUT2D eigenvalue weighted by Crippen LogP contribution is -2.41. The third-order valence-electron chi connectivity index (χ3n) is 3.61. The Morgan fingerprint density at radius 3 is 2.50 bits per heavy atom. The molecule has 1 N–H and O–H groups in total. The van der Waals surface area contributed by atoms with Crippen molar-refractivity contribution in [3.8, 4) is 0 Å². The normalized spacial score (nSPS) is 17.1. The molecule has 1 aliphatic carbocycles. The molecule has 0 aliphatic heterocycles. The minimum Gasteiger partial charge on any atom is -0.329 e. The van der Waals surface area contributed by atoms with Crippen molar-refractivity contribution in [3.63, 3.8) is 0 Å². The first-order valence-electron chi connectivity index (χ1n) is 6.80. The number of anilines is 1. The van der Waals surface area contributed by atoms with Gasteiger partial charge in [-0.25, -0.2) is 5.10 Å². The second-order valence-electron chi connectivity index (χ2n) is 5.47. The third-order valence-corrected chi connectivity index (χ3v) is 3.89. The first-order valence-corrected chi connectivity index (χ1v) is 7.20. The molecule has 4 nitrogen and oxygen atoms in total. The molecule has 0 spiro atoms. The highest BCUT2D eigenvalue weighted by atomic mass is 32.1. The van der Waals surface area contributed by atoms with Crippen molar-refractivity contribution in [1.82, 2.24) is 14.8 Å². The van der Waals surface area contributed by atoms with Gasteiger partial charge in [-0.05, 0) is 38.9 Å². The summed E-state index contributed by atoms with van der Waals surface area (Å²) < 4.78 is 40.4. The smallest absolute Gasteiger partial charge is 0.329 e. The van der Waals surface area contributed by atoms with Gasteiger partial charge in [0.15, 0.2) is 4.77 Å². The zero-order valence-electron chi connectivity index (χ0n) is 11.6. The predicted molar refractivity (Wildman–Crippen MR) is 73.5 cm³/mol. The van der Waals surface area contributed by atoms with Gasteiger partial charge in [-0.15, -0.1) is 5.10 Å². The molecular weight excluding hydrogens is 289 g/mol. The predicted octanol–water partition coefficient (Wildman–Crippen LogP) is 3.83. The average Bonchev–Trinajstić information content (AvgIpc) is 2.93. The van der Waals surface area contributed by atoms with Crippen molar-refractivity contribution in [3.05, 3.63) is 4.77 Å². The molecule has 8 heteroatoms. The third kappa shape index (κ3) is 3.34. The van der Waals surface area contributed by atoms with E-state index >= 15 is 0 Å². The van der Waals surface area contributed by atoms with E-state index in [1.165, 1.54) is 4.90 Å². The minimum absolute atomic E-state index is 0.158. The van der Waals surface area contributed by atoms with Crippen molar-refractivity contribution in [2.75, 3.05) is 11.4 Å². The molecule has 1 aromatic rings. The Morgan fingerprint density at radius 1 is 1.40 bits per heavy atom. The molecule has 0 saturated heterocycles. The number of halogens is 3. The summed E-state index contributed by atoms with van der Waals surface area (Å²) in [5, 5.41) is 6.68. The maximum Gasteiger partial charge on any atom is 0.406 e. The van der Waals surface area contributed by atoms with Gasteiger partial charge in [0.05, 0.1) is 0 Å². The molecule has 20 heavy (non-hydrogen) atoms. The highest BCUT2D eigenvalue weighted by Gasteiger charge is 2.35. The Hall–Kier alpha value is -1.05. The molecule has 1 saturated carbocycles. The van der Waals surface area contributed by atoms with Crippen molar-refractivity contribution in [2.24, 2.45) is 0 Å². The monoisotopic (exact) mass is 308 g/mol. The van der Waals surface area contributed by atoms with Gasteiger partial charge in [0.1, 0.15) is 6.54 Å². The Morgan fingerprint density at radius 2 is 2.00 bits per heavy atom. The van der Waals surface area contributed by atoms with Crippen LogP contribution in [0, 0.1) is 4.77 Å². The zero-order chi connectivity index (χ0) is 14.9. The van der Waals surface area contributed by atoms with Crippen molar-refractivity contribution < 1.29 is 13.2 Å². The fraction of sp³-hybridized carbons (Fsp3) is 0.833. The molecule has 0 radical (unpaired) electrons. The second-order valence-corrected chi connectivity index (χ2v) is 5.86. The van der Waals surface area contributed by atoms with Crippen LogP contribution in [0.2, 0.25) is 0 Å². The summed E-state index contributed by atoms with van der Waals surface area (Å²) in [5.41, 5.74) is 0. The molecule has 114 valence electrons. The van der Waals surface area contributed by atoms with Gasteiger partial charge in [-0.2, -0.15) is 13.2 Å². The molecule has 0 atom stereocenters. The molecule has 1 aliphatic rings. The largest absolute Gasteiger partial charge is 0.406 e. The van der Waals surface area contributed by atoms with Gasteiger partial charge < -0.3 is 4.90 Å². The van der Waals surface area contributed by atoms with Crippen LogP contribution < -0.4 is 4.90 Å². The fourth-order valence-corrected chi connectivity index (χ4v) is 2.94. The molecule has 0 aromatic carbocycles. The molecule has 2 rings (SSSR count). The van der Waals surface area contributed by atoms with Crippen LogP contribution in [-0.2, 0) is 0 Å². The zero-order valence-corrected chi connectivity index (χ0v) is 12.4. The van der Waals surface area contributed by atoms with Crippen LogP contribution in [0.15, 0.2) is 0 Å². The Balaban J connectivity index is 2.36. The van der Waals surface area contributed by atoms with Gasteiger partial charge in [0.25, 0.3) is 0 Å². The number of aromatic nitrogens is 3. The number of aromatic amines is 1. The van der Waals surface area contributed by atoms with E-state index in [2.05, 4.69) is 10.2 Å². The topological polar surface area (TPSA) is 36.9 Å².